The third kappa shape index (κ3) is 5.38. The fourth-order valence-corrected chi connectivity index (χ4v) is 3.79. The number of ether oxygens (including phenoxy) is 1. The topological polar surface area (TPSA) is 73.2 Å². The highest BCUT2D eigenvalue weighted by atomic mass is 32.2. The number of rotatable bonds is 9. The van der Waals surface area contributed by atoms with Crippen LogP contribution >= 0.6 is 11.8 Å². The number of nitrogens with zero attached hydrogens (tertiary/aromatic N) is 2. The van der Waals surface area contributed by atoms with Crippen LogP contribution in [0.5, 0.6) is 5.75 Å². The Balaban J connectivity index is 1.70. The van der Waals surface area contributed by atoms with Crippen molar-refractivity contribution in [3.8, 4) is 5.75 Å². The summed E-state index contributed by atoms with van der Waals surface area (Å²) < 4.78 is 6.89. The second-order valence-corrected chi connectivity index (χ2v) is 7.58. The van der Waals surface area contributed by atoms with Gasteiger partial charge in [0.15, 0.2) is 5.16 Å². The van der Waals surface area contributed by atoms with Crippen molar-refractivity contribution in [1.29, 1.82) is 0 Å². The number of nitrogens with one attached hydrogen (secondary N) is 1. The van der Waals surface area contributed by atoms with Crippen LogP contribution in [0.2, 0.25) is 0 Å². The van der Waals surface area contributed by atoms with Gasteiger partial charge >= 0.3 is 0 Å². The molecule has 0 aliphatic heterocycles. The van der Waals surface area contributed by atoms with Gasteiger partial charge < -0.3 is 10.1 Å². The van der Waals surface area contributed by atoms with Gasteiger partial charge in [0.2, 0.25) is 5.91 Å². The van der Waals surface area contributed by atoms with Gasteiger partial charge in [-0.1, -0.05) is 49.4 Å². The van der Waals surface area contributed by atoms with Gasteiger partial charge in [-0.15, -0.1) is 0 Å². The summed E-state index contributed by atoms with van der Waals surface area (Å²) in [6.07, 6.45) is 1.86. The normalized spacial score (nSPS) is 10.8. The Morgan fingerprint density at radius 1 is 1.21 bits per heavy atom. The first-order valence-electron chi connectivity index (χ1n) is 9.64. The Kier molecular flexibility index (Phi) is 7.30. The molecule has 0 unspecified atom stereocenters. The number of carbonyl (C=O) groups is 1. The van der Waals surface area contributed by atoms with Gasteiger partial charge in [0.25, 0.3) is 5.56 Å². The molecular weight excluding hydrogens is 386 g/mol. The summed E-state index contributed by atoms with van der Waals surface area (Å²) in [6.45, 7) is 3.10. The molecule has 0 saturated carbocycles. The molecule has 2 aromatic carbocycles. The Hall–Kier alpha value is -2.80. The minimum Gasteiger partial charge on any atom is -0.497 e. The quantitative estimate of drug-likeness (QED) is 0.430. The number of hydrogen-bond acceptors (Lipinski definition) is 5. The summed E-state index contributed by atoms with van der Waals surface area (Å²) in [5.74, 6) is 0.842. The summed E-state index contributed by atoms with van der Waals surface area (Å²) in [6, 6.07) is 14.9. The van der Waals surface area contributed by atoms with Crippen LogP contribution < -0.4 is 15.6 Å². The van der Waals surface area contributed by atoms with Crippen LogP contribution in [0.15, 0.2) is 58.5 Å². The average Bonchev–Trinajstić information content (AvgIpc) is 2.76. The fourth-order valence-electron chi connectivity index (χ4n) is 2.94. The van der Waals surface area contributed by atoms with Crippen LogP contribution in [0.25, 0.3) is 10.9 Å². The van der Waals surface area contributed by atoms with Gasteiger partial charge in [0.05, 0.1) is 23.8 Å². The van der Waals surface area contributed by atoms with Crippen LogP contribution in [-0.4, -0.2) is 28.3 Å². The molecule has 0 atom stereocenters. The lowest BCUT2D eigenvalue weighted by atomic mass is 10.2. The summed E-state index contributed by atoms with van der Waals surface area (Å²) in [5.41, 5.74) is 1.57. The third-order valence-corrected chi connectivity index (χ3v) is 5.49. The number of carbonyl (C=O) groups excluding carboxylic acids is 1. The molecule has 6 nitrogen and oxygen atoms in total. The lowest BCUT2D eigenvalue weighted by molar-refractivity contribution is -0.118. The van der Waals surface area contributed by atoms with Crippen molar-refractivity contribution in [2.24, 2.45) is 0 Å². The van der Waals surface area contributed by atoms with Gasteiger partial charge in [-0.05, 0) is 36.2 Å². The van der Waals surface area contributed by atoms with Gasteiger partial charge in [-0.25, -0.2) is 4.98 Å². The van der Waals surface area contributed by atoms with Crippen molar-refractivity contribution in [2.45, 2.75) is 38.0 Å². The van der Waals surface area contributed by atoms with E-state index in [0.29, 0.717) is 29.1 Å². The van der Waals surface area contributed by atoms with Gasteiger partial charge in [-0.3, -0.25) is 14.2 Å². The second-order valence-electron chi connectivity index (χ2n) is 6.64. The molecule has 0 spiro atoms. The van der Waals surface area contributed by atoms with Crippen LogP contribution in [0.1, 0.15) is 25.3 Å². The third-order valence-electron chi connectivity index (χ3n) is 4.52. The van der Waals surface area contributed by atoms with E-state index in [0.717, 1.165) is 24.2 Å². The molecule has 0 aliphatic rings. The molecule has 0 saturated heterocycles. The molecule has 0 bridgehead atoms. The average molecular weight is 412 g/mol. The minimum absolute atomic E-state index is 0.0525. The van der Waals surface area contributed by atoms with Crippen LogP contribution in [0.3, 0.4) is 0 Å². The number of unbranched alkanes of at least 4 members (excludes halogenated alkanes) is 1. The zero-order valence-electron chi connectivity index (χ0n) is 16.7. The molecule has 152 valence electrons. The number of methoxy groups -OCH3 is 1. The summed E-state index contributed by atoms with van der Waals surface area (Å²) in [4.78, 5) is 29.8. The maximum atomic E-state index is 12.9. The first-order valence-corrected chi connectivity index (χ1v) is 10.6. The monoisotopic (exact) mass is 411 g/mol. The number of amides is 1. The molecule has 7 heteroatoms. The van der Waals surface area contributed by atoms with Crippen LogP contribution in [-0.2, 0) is 17.9 Å². The smallest absolute Gasteiger partial charge is 0.262 e. The number of para-hydroxylation sites is 1. The van der Waals surface area contributed by atoms with Gasteiger partial charge in [0, 0.05) is 13.1 Å². The van der Waals surface area contributed by atoms with Crippen molar-refractivity contribution in [2.75, 3.05) is 12.9 Å². The number of benzene rings is 2. The van der Waals surface area contributed by atoms with E-state index in [1.54, 1.807) is 17.7 Å². The molecule has 3 rings (SSSR count). The van der Waals surface area contributed by atoms with Crippen molar-refractivity contribution in [3.63, 3.8) is 0 Å². The van der Waals surface area contributed by atoms with Crippen molar-refractivity contribution in [1.82, 2.24) is 14.9 Å². The standard InChI is InChI=1S/C22H25N3O3S/c1-3-4-12-25-21(27)18-10-5-6-11-19(18)24-22(25)29-15-20(26)23-14-16-8-7-9-17(13-16)28-2/h5-11,13H,3-4,12,14-15H2,1-2H3,(H,23,26). The first-order chi connectivity index (χ1) is 14.1. The highest BCUT2D eigenvalue weighted by Gasteiger charge is 2.13. The lowest BCUT2D eigenvalue weighted by Crippen LogP contribution is -2.27. The fraction of sp³-hybridized carbons (Fsp3) is 0.318. The van der Waals surface area contributed by atoms with E-state index < -0.39 is 0 Å². The number of fused-ring (bicyclic) bond motifs is 1. The Morgan fingerprint density at radius 3 is 2.83 bits per heavy atom. The van der Waals surface area contributed by atoms with Crippen molar-refractivity contribution >= 4 is 28.6 Å². The highest BCUT2D eigenvalue weighted by Crippen LogP contribution is 2.18. The highest BCUT2D eigenvalue weighted by molar-refractivity contribution is 7.99. The summed E-state index contributed by atoms with van der Waals surface area (Å²) in [7, 11) is 1.61. The maximum Gasteiger partial charge on any atom is 0.262 e. The van der Waals surface area contributed by atoms with Crippen LogP contribution in [0, 0.1) is 0 Å². The van der Waals surface area contributed by atoms with Gasteiger partial charge in [-0.2, -0.15) is 0 Å². The summed E-state index contributed by atoms with van der Waals surface area (Å²) in [5, 5.41) is 4.09. The molecule has 1 amide bonds. The predicted molar refractivity (Wildman–Crippen MR) is 116 cm³/mol. The van der Waals surface area contributed by atoms with E-state index in [1.165, 1.54) is 11.8 Å². The zero-order chi connectivity index (χ0) is 20.6. The number of thioether (sulfide) groups is 1. The molecular formula is C22H25N3O3S. The first kappa shape index (κ1) is 20.9. The summed E-state index contributed by atoms with van der Waals surface area (Å²) >= 11 is 1.29. The molecule has 0 radical (unpaired) electrons. The van der Waals surface area contributed by atoms with Crippen molar-refractivity contribution in [3.05, 3.63) is 64.4 Å². The number of aromatic nitrogens is 2. The van der Waals surface area contributed by atoms with Crippen LogP contribution in [0.4, 0.5) is 0 Å². The molecule has 29 heavy (non-hydrogen) atoms. The maximum absolute atomic E-state index is 12.9. The Morgan fingerprint density at radius 2 is 2.03 bits per heavy atom. The second kappa shape index (κ2) is 10.1. The molecule has 0 aliphatic carbocycles. The van der Waals surface area contributed by atoms with E-state index >= 15 is 0 Å². The minimum atomic E-state index is -0.109. The lowest BCUT2D eigenvalue weighted by Gasteiger charge is -2.13. The Bertz CT molecular complexity index is 1050. The van der Waals surface area contributed by atoms with Gasteiger partial charge in [0.1, 0.15) is 5.75 Å². The molecule has 0 fully saturated rings. The van der Waals surface area contributed by atoms with E-state index in [1.807, 2.05) is 42.5 Å². The molecule has 1 aromatic heterocycles. The van der Waals surface area contributed by atoms with E-state index in [9.17, 15) is 9.59 Å². The zero-order valence-corrected chi connectivity index (χ0v) is 17.5. The predicted octanol–water partition coefficient (Wildman–Crippen LogP) is 3.61. The molecule has 1 heterocycles. The largest absolute Gasteiger partial charge is 0.497 e. The number of hydrogen-bond donors (Lipinski definition) is 1. The van der Waals surface area contributed by atoms with Crippen molar-refractivity contribution < 1.29 is 9.53 Å². The van der Waals surface area contributed by atoms with E-state index in [-0.39, 0.29) is 17.2 Å². The van der Waals surface area contributed by atoms with E-state index in [4.69, 9.17) is 4.74 Å². The van der Waals surface area contributed by atoms with E-state index in [2.05, 4.69) is 17.2 Å². The molecule has 3 aromatic rings. The molecule has 1 N–H and O–H groups in total. The Labute approximate surface area is 174 Å². The SMILES string of the molecule is CCCCn1c(SCC(=O)NCc2cccc(OC)c2)nc2ccccc2c1=O.